The summed E-state index contributed by atoms with van der Waals surface area (Å²) in [5.74, 6) is 0.410. The molecule has 3 rings (SSSR count). The standard InChI is InChI=1S/C14H20N6O/c1-10-6-13(18-17-10)12-4-3-5-19(7-12)14(21)11(2)20-9-15-8-16-20/h6,8-9,11-12H,3-5,7H2,1-2H3,(H,17,18)/t11-,12-/m0/s1. The monoisotopic (exact) mass is 288 g/mol. The molecular formula is C14H20N6O. The summed E-state index contributed by atoms with van der Waals surface area (Å²) in [6.07, 6.45) is 5.12. The number of hydrogen-bond donors (Lipinski definition) is 1. The number of likely N-dealkylation sites (tertiary alicyclic amines) is 1. The van der Waals surface area contributed by atoms with Crippen molar-refractivity contribution in [3.63, 3.8) is 0 Å². The van der Waals surface area contributed by atoms with E-state index in [-0.39, 0.29) is 11.9 Å². The molecule has 1 N–H and O–H groups in total. The number of hydrogen-bond acceptors (Lipinski definition) is 4. The van der Waals surface area contributed by atoms with E-state index in [0.29, 0.717) is 5.92 Å². The van der Waals surface area contributed by atoms with Crippen LogP contribution in [-0.2, 0) is 4.79 Å². The summed E-state index contributed by atoms with van der Waals surface area (Å²) in [5.41, 5.74) is 2.11. The highest BCUT2D eigenvalue weighted by atomic mass is 16.2. The fourth-order valence-corrected chi connectivity index (χ4v) is 2.86. The molecule has 0 aromatic carbocycles. The van der Waals surface area contributed by atoms with Crippen LogP contribution in [0.1, 0.15) is 43.1 Å². The van der Waals surface area contributed by atoms with Crippen LogP contribution >= 0.6 is 0 Å². The predicted molar refractivity (Wildman–Crippen MR) is 76.6 cm³/mol. The maximum Gasteiger partial charge on any atom is 0.247 e. The van der Waals surface area contributed by atoms with Crippen LogP contribution in [-0.4, -0.2) is 48.9 Å². The molecule has 0 unspecified atom stereocenters. The molecule has 0 aliphatic carbocycles. The topological polar surface area (TPSA) is 79.7 Å². The lowest BCUT2D eigenvalue weighted by molar-refractivity contribution is -0.135. The van der Waals surface area contributed by atoms with Gasteiger partial charge in [-0.25, -0.2) is 9.67 Å². The van der Waals surface area contributed by atoms with Crippen molar-refractivity contribution in [2.24, 2.45) is 0 Å². The van der Waals surface area contributed by atoms with E-state index in [1.54, 1.807) is 11.0 Å². The van der Waals surface area contributed by atoms with Gasteiger partial charge >= 0.3 is 0 Å². The van der Waals surface area contributed by atoms with E-state index in [9.17, 15) is 4.79 Å². The second-order valence-corrected chi connectivity index (χ2v) is 5.65. The summed E-state index contributed by atoms with van der Waals surface area (Å²) < 4.78 is 1.60. The van der Waals surface area contributed by atoms with Gasteiger partial charge in [0.15, 0.2) is 0 Å². The van der Waals surface area contributed by atoms with Crippen LogP contribution in [0.5, 0.6) is 0 Å². The lowest BCUT2D eigenvalue weighted by atomic mass is 9.94. The van der Waals surface area contributed by atoms with Crippen LogP contribution in [0.25, 0.3) is 0 Å². The summed E-state index contributed by atoms with van der Waals surface area (Å²) in [4.78, 5) is 18.4. The van der Waals surface area contributed by atoms with E-state index < -0.39 is 0 Å². The lowest BCUT2D eigenvalue weighted by Crippen LogP contribution is -2.42. The molecule has 3 heterocycles. The number of nitrogens with one attached hydrogen (secondary N) is 1. The third-order valence-corrected chi connectivity index (χ3v) is 4.07. The maximum absolute atomic E-state index is 12.6. The smallest absolute Gasteiger partial charge is 0.247 e. The number of amides is 1. The Morgan fingerprint density at radius 2 is 2.38 bits per heavy atom. The molecule has 1 saturated heterocycles. The van der Waals surface area contributed by atoms with Crippen molar-refractivity contribution >= 4 is 5.91 Å². The molecule has 0 spiro atoms. The Bertz CT molecular complexity index is 605. The third kappa shape index (κ3) is 2.81. The molecule has 0 radical (unpaired) electrons. The first-order valence-electron chi connectivity index (χ1n) is 7.30. The van der Waals surface area contributed by atoms with Crippen molar-refractivity contribution in [2.45, 2.75) is 38.6 Å². The summed E-state index contributed by atoms with van der Waals surface area (Å²) in [6.45, 7) is 5.38. The van der Waals surface area contributed by atoms with Gasteiger partial charge in [0.25, 0.3) is 0 Å². The Morgan fingerprint density at radius 3 is 3.05 bits per heavy atom. The second kappa shape index (κ2) is 5.67. The zero-order chi connectivity index (χ0) is 14.8. The fraction of sp³-hybridized carbons (Fsp3) is 0.571. The van der Waals surface area contributed by atoms with Gasteiger partial charge < -0.3 is 4.90 Å². The van der Waals surface area contributed by atoms with Gasteiger partial charge in [-0.05, 0) is 32.8 Å². The summed E-state index contributed by atoms with van der Waals surface area (Å²) in [7, 11) is 0. The van der Waals surface area contributed by atoms with Crippen molar-refractivity contribution in [1.29, 1.82) is 0 Å². The van der Waals surface area contributed by atoms with Gasteiger partial charge in [0, 0.05) is 24.7 Å². The molecule has 1 aliphatic heterocycles. The second-order valence-electron chi connectivity index (χ2n) is 5.65. The first kappa shape index (κ1) is 13.8. The zero-order valence-corrected chi connectivity index (χ0v) is 12.4. The Morgan fingerprint density at radius 1 is 1.52 bits per heavy atom. The van der Waals surface area contributed by atoms with Crippen molar-refractivity contribution in [2.75, 3.05) is 13.1 Å². The van der Waals surface area contributed by atoms with Gasteiger partial charge in [-0.1, -0.05) is 0 Å². The number of nitrogens with zero attached hydrogens (tertiary/aromatic N) is 5. The van der Waals surface area contributed by atoms with Crippen LogP contribution < -0.4 is 0 Å². The Hall–Kier alpha value is -2.18. The normalized spacial score (nSPS) is 20.5. The first-order valence-corrected chi connectivity index (χ1v) is 7.30. The van der Waals surface area contributed by atoms with E-state index >= 15 is 0 Å². The average molecular weight is 288 g/mol. The van der Waals surface area contributed by atoms with E-state index in [4.69, 9.17) is 0 Å². The molecule has 2 aromatic heterocycles. The van der Waals surface area contributed by atoms with Crippen LogP contribution in [0.2, 0.25) is 0 Å². The molecule has 0 bridgehead atoms. The highest BCUT2D eigenvalue weighted by molar-refractivity contribution is 5.80. The Labute approximate surface area is 123 Å². The number of carbonyl (C=O) groups excluding carboxylic acids is 1. The number of aromatic nitrogens is 5. The molecule has 2 atom stereocenters. The van der Waals surface area contributed by atoms with E-state index in [1.807, 2.05) is 18.7 Å². The number of rotatable bonds is 3. The number of aromatic amines is 1. The highest BCUT2D eigenvalue weighted by Crippen LogP contribution is 2.27. The lowest BCUT2D eigenvalue weighted by Gasteiger charge is -2.33. The average Bonchev–Trinajstić information content (AvgIpc) is 3.17. The predicted octanol–water partition coefficient (Wildman–Crippen LogP) is 1.28. The van der Waals surface area contributed by atoms with Crippen molar-refractivity contribution in [3.8, 4) is 0 Å². The third-order valence-electron chi connectivity index (χ3n) is 4.07. The van der Waals surface area contributed by atoms with Gasteiger partial charge in [-0.2, -0.15) is 10.2 Å². The highest BCUT2D eigenvalue weighted by Gasteiger charge is 2.29. The molecule has 7 nitrogen and oxygen atoms in total. The molecule has 7 heteroatoms. The zero-order valence-electron chi connectivity index (χ0n) is 12.4. The Balaban J connectivity index is 1.69. The van der Waals surface area contributed by atoms with E-state index in [2.05, 4.69) is 26.3 Å². The molecular weight excluding hydrogens is 268 g/mol. The van der Waals surface area contributed by atoms with Gasteiger partial charge in [0.05, 0.1) is 5.69 Å². The van der Waals surface area contributed by atoms with Crippen LogP contribution in [0, 0.1) is 6.92 Å². The summed E-state index contributed by atoms with van der Waals surface area (Å²) in [5, 5.41) is 11.4. The molecule has 1 amide bonds. The Kier molecular flexibility index (Phi) is 3.72. The minimum absolute atomic E-state index is 0.0949. The molecule has 0 saturated carbocycles. The van der Waals surface area contributed by atoms with Crippen LogP contribution in [0.4, 0.5) is 0 Å². The largest absolute Gasteiger partial charge is 0.340 e. The van der Waals surface area contributed by atoms with Gasteiger partial charge in [0.1, 0.15) is 18.7 Å². The van der Waals surface area contributed by atoms with E-state index in [0.717, 1.165) is 37.3 Å². The first-order chi connectivity index (χ1) is 10.1. The molecule has 2 aromatic rings. The number of piperidine rings is 1. The quantitative estimate of drug-likeness (QED) is 0.922. The summed E-state index contributed by atoms with van der Waals surface area (Å²) >= 11 is 0. The van der Waals surface area contributed by atoms with Gasteiger partial charge in [-0.3, -0.25) is 9.89 Å². The number of aryl methyl sites for hydroxylation is 1. The van der Waals surface area contributed by atoms with Crippen molar-refractivity contribution in [1.82, 2.24) is 29.9 Å². The number of carbonyl (C=O) groups is 1. The van der Waals surface area contributed by atoms with Gasteiger partial charge in [-0.15, -0.1) is 0 Å². The molecule has 21 heavy (non-hydrogen) atoms. The van der Waals surface area contributed by atoms with Crippen molar-refractivity contribution in [3.05, 3.63) is 30.1 Å². The summed E-state index contributed by atoms with van der Waals surface area (Å²) in [6, 6.07) is 1.76. The SMILES string of the molecule is Cc1cc([C@H]2CCCN(C(=O)[C@H](C)n3cncn3)C2)n[nH]1. The van der Waals surface area contributed by atoms with Crippen LogP contribution in [0.15, 0.2) is 18.7 Å². The number of H-pyrrole nitrogens is 1. The van der Waals surface area contributed by atoms with Gasteiger partial charge in [0.2, 0.25) is 5.91 Å². The minimum atomic E-state index is -0.313. The minimum Gasteiger partial charge on any atom is -0.340 e. The van der Waals surface area contributed by atoms with Crippen molar-refractivity contribution < 1.29 is 4.79 Å². The molecule has 1 fully saturated rings. The maximum atomic E-state index is 12.6. The fourth-order valence-electron chi connectivity index (χ4n) is 2.86. The molecule has 112 valence electrons. The molecule has 1 aliphatic rings. The van der Waals surface area contributed by atoms with Crippen LogP contribution in [0.3, 0.4) is 0 Å². The van der Waals surface area contributed by atoms with E-state index in [1.165, 1.54) is 6.33 Å².